The van der Waals surface area contributed by atoms with E-state index in [9.17, 15) is 0 Å². The summed E-state index contributed by atoms with van der Waals surface area (Å²) in [5, 5.41) is 5.03. The van der Waals surface area contributed by atoms with Gasteiger partial charge in [-0.05, 0) is 119 Å². The van der Waals surface area contributed by atoms with Gasteiger partial charge >= 0.3 is 0 Å². The molecule has 5 heteroatoms. The Labute approximate surface area is 348 Å². The zero-order valence-electron chi connectivity index (χ0n) is 32.9. The standard InChI is InChI=1S/C55H39N5/c1-3-12-44(13-4-1)59-50-18-9-7-16-46(50)48-36-40(25-31-52(48)59)38-21-27-42(28-22-38)57-34-35-58(55-54(57)20-11-33-56-55)43-29-23-39(24-30-43)41-26-32-53-49(37-41)47-17-8-10-19-51(47)60(53)45-14-5-2-6-15-45/h1-33,36-37H,34-35H2. The van der Waals surface area contributed by atoms with Crippen molar-refractivity contribution in [1.82, 2.24) is 14.1 Å². The second-order valence-corrected chi connectivity index (χ2v) is 15.6. The highest BCUT2D eigenvalue weighted by Gasteiger charge is 2.26. The average Bonchev–Trinajstić information content (AvgIpc) is 3.84. The first kappa shape index (κ1) is 34.2. The molecule has 0 N–H and O–H groups in total. The molecule has 1 aliphatic rings. The van der Waals surface area contributed by atoms with E-state index in [2.05, 4.69) is 219 Å². The smallest absolute Gasteiger partial charge is 0.157 e. The Balaban J connectivity index is 0.828. The Hall–Kier alpha value is -7.89. The zero-order valence-corrected chi connectivity index (χ0v) is 32.9. The molecule has 4 heterocycles. The number of aromatic nitrogens is 3. The number of fused-ring (bicyclic) bond motifs is 7. The summed E-state index contributed by atoms with van der Waals surface area (Å²) >= 11 is 0. The molecule has 12 rings (SSSR count). The van der Waals surface area contributed by atoms with Gasteiger partial charge in [0.2, 0.25) is 0 Å². The van der Waals surface area contributed by atoms with Gasteiger partial charge in [0.25, 0.3) is 0 Å². The maximum absolute atomic E-state index is 4.95. The van der Waals surface area contributed by atoms with Crippen LogP contribution >= 0.6 is 0 Å². The van der Waals surface area contributed by atoms with E-state index in [1.165, 1.54) is 77.2 Å². The fourth-order valence-corrected chi connectivity index (χ4v) is 9.44. The van der Waals surface area contributed by atoms with Gasteiger partial charge in [-0.25, -0.2) is 4.98 Å². The molecular weight excluding hydrogens is 731 g/mol. The molecule has 0 unspecified atom stereocenters. The van der Waals surface area contributed by atoms with Crippen molar-refractivity contribution in [2.24, 2.45) is 0 Å². The van der Waals surface area contributed by atoms with Gasteiger partial charge in [0.1, 0.15) is 0 Å². The molecule has 0 fully saturated rings. The van der Waals surface area contributed by atoms with Crippen LogP contribution < -0.4 is 9.80 Å². The molecule has 8 aromatic carbocycles. The van der Waals surface area contributed by atoms with Gasteiger partial charge in [0.05, 0.1) is 27.8 Å². The van der Waals surface area contributed by atoms with Crippen LogP contribution in [-0.4, -0.2) is 27.2 Å². The molecule has 3 aromatic heterocycles. The van der Waals surface area contributed by atoms with Gasteiger partial charge in [-0.1, -0.05) is 109 Å². The van der Waals surface area contributed by atoms with Crippen molar-refractivity contribution in [3.05, 3.63) is 212 Å². The van der Waals surface area contributed by atoms with Gasteiger partial charge in [-0.2, -0.15) is 0 Å². The lowest BCUT2D eigenvalue weighted by molar-refractivity contribution is 0.833. The summed E-state index contributed by atoms with van der Waals surface area (Å²) in [6, 6.07) is 74.6. The van der Waals surface area contributed by atoms with Crippen molar-refractivity contribution in [3.8, 4) is 33.6 Å². The Morgan fingerprint density at radius 2 is 0.750 bits per heavy atom. The summed E-state index contributed by atoms with van der Waals surface area (Å²) in [7, 11) is 0. The molecule has 0 atom stereocenters. The third kappa shape index (κ3) is 5.51. The van der Waals surface area contributed by atoms with Crippen LogP contribution in [0, 0.1) is 0 Å². The van der Waals surface area contributed by atoms with Crippen molar-refractivity contribution in [3.63, 3.8) is 0 Å². The molecule has 0 bridgehead atoms. The van der Waals surface area contributed by atoms with Gasteiger partial charge in [-0.3, -0.25) is 0 Å². The minimum Gasteiger partial charge on any atom is -0.337 e. The predicted molar refractivity (Wildman–Crippen MR) is 251 cm³/mol. The molecule has 0 spiro atoms. The lowest BCUT2D eigenvalue weighted by atomic mass is 10.0. The Morgan fingerprint density at radius 3 is 1.28 bits per heavy atom. The minimum atomic E-state index is 0.818. The van der Waals surface area contributed by atoms with E-state index in [1.54, 1.807) is 0 Å². The Bertz CT molecular complexity index is 3140. The monoisotopic (exact) mass is 769 g/mol. The topological polar surface area (TPSA) is 29.2 Å². The van der Waals surface area contributed by atoms with Crippen LogP contribution in [0.2, 0.25) is 0 Å². The normalized spacial score (nSPS) is 12.8. The SMILES string of the molecule is c1ccc(-n2c3ccccc3c3cc(-c4ccc(N5CCN(c6ccc(-c7ccc8c(c7)c7ccccc7n8-c7ccccc7)cc6)c6ncccc65)cc4)ccc32)cc1. The van der Waals surface area contributed by atoms with Gasteiger partial charge in [0, 0.05) is 63.6 Å². The van der Waals surface area contributed by atoms with Gasteiger partial charge in [0.15, 0.2) is 5.82 Å². The number of benzene rings is 8. The predicted octanol–water partition coefficient (Wildman–Crippen LogP) is 13.9. The van der Waals surface area contributed by atoms with Gasteiger partial charge in [-0.15, -0.1) is 0 Å². The fraction of sp³-hybridized carbons (Fsp3) is 0.0364. The van der Waals surface area contributed by atoms with E-state index >= 15 is 0 Å². The summed E-state index contributed by atoms with van der Waals surface area (Å²) in [5.74, 6) is 0.968. The van der Waals surface area contributed by atoms with Crippen LogP contribution in [0.15, 0.2) is 212 Å². The van der Waals surface area contributed by atoms with E-state index in [4.69, 9.17) is 4.98 Å². The van der Waals surface area contributed by atoms with Crippen molar-refractivity contribution >= 4 is 66.5 Å². The maximum Gasteiger partial charge on any atom is 0.157 e. The molecule has 0 saturated heterocycles. The summed E-state index contributed by atoms with van der Waals surface area (Å²) < 4.78 is 4.73. The largest absolute Gasteiger partial charge is 0.337 e. The zero-order chi connectivity index (χ0) is 39.6. The number of para-hydroxylation sites is 4. The van der Waals surface area contributed by atoms with Crippen LogP contribution in [0.5, 0.6) is 0 Å². The summed E-state index contributed by atoms with van der Waals surface area (Å²) in [5.41, 5.74) is 15.4. The van der Waals surface area contributed by atoms with Gasteiger partial charge < -0.3 is 18.9 Å². The van der Waals surface area contributed by atoms with Crippen molar-refractivity contribution < 1.29 is 0 Å². The molecule has 1 aliphatic heterocycles. The Kier molecular flexibility index (Phi) is 7.91. The second kappa shape index (κ2) is 13.9. The van der Waals surface area contributed by atoms with Crippen molar-refractivity contribution in [2.75, 3.05) is 22.9 Å². The van der Waals surface area contributed by atoms with Crippen LogP contribution in [0.1, 0.15) is 0 Å². The highest BCUT2D eigenvalue weighted by atomic mass is 15.3. The number of hydrogen-bond donors (Lipinski definition) is 0. The lowest BCUT2D eigenvalue weighted by Crippen LogP contribution is -2.36. The minimum absolute atomic E-state index is 0.818. The first-order valence-corrected chi connectivity index (χ1v) is 20.7. The number of rotatable bonds is 6. The number of anilines is 4. The van der Waals surface area contributed by atoms with Crippen LogP contribution in [0.4, 0.5) is 22.9 Å². The molecule has 0 aliphatic carbocycles. The van der Waals surface area contributed by atoms with Crippen LogP contribution in [0.25, 0.3) is 77.2 Å². The van der Waals surface area contributed by atoms with Crippen molar-refractivity contribution in [2.45, 2.75) is 0 Å². The number of pyridine rings is 1. The average molecular weight is 770 g/mol. The number of nitrogens with zero attached hydrogens (tertiary/aromatic N) is 5. The van der Waals surface area contributed by atoms with E-state index in [0.29, 0.717) is 0 Å². The van der Waals surface area contributed by atoms with E-state index in [0.717, 1.165) is 36.0 Å². The first-order valence-electron chi connectivity index (χ1n) is 20.7. The quantitative estimate of drug-likeness (QED) is 0.169. The molecular formula is C55H39N5. The van der Waals surface area contributed by atoms with Crippen LogP contribution in [-0.2, 0) is 0 Å². The van der Waals surface area contributed by atoms with Crippen molar-refractivity contribution in [1.29, 1.82) is 0 Å². The van der Waals surface area contributed by atoms with Crippen LogP contribution in [0.3, 0.4) is 0 Å². The summed E-state index contributed by atoms with van der Waals surface area (Å²) in [4.78, 5) is 9.69. The molecule has 0 radical (unpaired) electrons. The lowest BCUT2D eigenvalue weighted by Gasteiger charge is -2.38. The van der Waals surface area contributed by atoms with E-state index < -0.39 is 0 Å². The molecule has 60 heavy (non-hydrogen) atoms. The third-order valence-electron chi connectivity index (χ3n) is 12.3. The molecule has 284 valence electrons. The maximum atomic E-state index is 4.95. The first-order chi connectivity index (χ1) is 29.8. The number of hydrogen-bond acceptors (Lipinski definition) is 3. The summed E-state index contributed by atoms with van der Waals surface area (Å²) in [6.45, 7) is 1.66. The molecule has 0 saturated carbocycles. The fourth-order valence-electron chi connectivity index (χ4n) is 9.44. The third-order valence-corrected chi connectivity index (χ3v) is 12.3. The van der Waals surface area contributed by atoms with E-state index in [1.807, 2.05) is 12.3 Å². The summed E-state index contributed by atoms with van der Waals surface area (Å²) in [6.07, 6.45) is 1.90. The van der Waals surface area contributed by atoms with E-state index in [-0.39, 0.29) is 0 Å². The molecule has 0 amide bonds. The highest BCUT2D eigenvalue weighted by molar-refractivity contribution is 6.11. The second-order valence-electron chi connectivity index (χ2n) is 15.6. The molecule has 5 nitrogen and oxygen atoms in total. The Morgan fingerprint density at radius 1 is 0.317 bits per heavy atom. The highest BCUT2D eigenvalue weighted by Crippen LogP contribution is 2.42. The molecule has 11 aromatic rings.